The first-order valence-corrected chi connectivity index (χ1v) is 14.2. The van der Waals surface area contributed by atoms with Crippen LogP contribution in [-0.2, 0) is 4.79 Å². The summed E-state index contributed by atoms with van der Waals surface area (Å²) in [5.41, 5.74) is 6.86. The lowest BCUT2D eigenvalue weighted by atomic mass is 9.79. The summed E-state index contributed by atoms with van der Waals surface area (Å²) in [4.78, 5) is 16.6. The lowest BCUT2D eigenvalue weighted by Crippen LogP contribution is -2.45. The van der Waals surface area contributed by atoms with E-state index in [1.165, 1.54) is 47.1 Å². The normalized spacial score (nSPS) is 26.1. The van der Waals surface area contributed by atoms with Crippen molar-refractivity contribution in [2.24, 2.45) is 5.92 Å². The monoisotopic (exact) mass is 490 g/mol. The summed E-state index contributed by atoms with van der Waals surface area (Å²) in [6.45, 7) is 2.45. The van der Waals surface area contributed by atoms with Crippen molar-refractivity contribution < 1.29 is 4.79 Å². The first-order chi connectivity index (χ1) is 18.3. The van der Waals surface area contributed by atoms with Crippen molar-refractivity contribution in [2.75, 3.05) is 19.6 Å². The van der Waals surface area contributed by atoms with Gasteiger partial charge in [-0.05, 0) is 72.3 Å². The Kier molecular flexibility index (Phi) is 7.23. The molecule has 1 N–H and O–H groups in total. The molecule has 0 bridgehead atoms. The highest BCUT2D eigenvalue weighted by atomic mass is 16.2. The maximum Gasteiger partial charge on any atom is 0.228 e. The molecule has 0 radical (unpaired) electrons. The largest absolute Gasteiger partial charge is 0.335 e. The third-order valence-electron chi connectivity index (χ3n) is 8.87. The number of nitrogens with zero attached hydrogens (tertiary/aromatic N) is 1. The second-order valence-electron chi connectivity index (χ2n) is 11.0. The molecule has 2 aliphatic heterocycles. The molecule has 3 aromatic rings. The van der Waals surface area contributed by atoms with Crippen molar-refractivity contribution in [2.45, 2.75) is 56.4 Å². The van der Waals surface area contributed by atoms with Crippen molar-refractivity contribution in [3.8, 4) is 0 Å². The fourth-order valence-electron chi connectivity index (χ4n) is 6.92. The fraction of sp³-hybridized carbons (Fsp3) is 0.382. The highest BCUT2D eigenvalue weighted by Gasteiger charge is 2.41. The van der Waals surface area contributed by atoms with Crippen LogP contribution in [0.15, 0.2) is 91.0 Å². The van der Waals surface area contributed by atoms with E-state index in [1.54, 1.807) is 0 Å². The summed E-state index contributed by atoms with van der Waals surface area (Å²) in [5.74, 6) is 0.995. The minimum Gasteiger partial charge on any atom is -0.335 e. The Bertz CT molecular complexity index is 1230. The zero-order chi connectivity index (χ0) is 25.0. The molecule has 37 heavy (non-hydrogen) atoms. The standard InChI is InChI=1S/C34H38N2O/c37-34(32-24-35-23-31(32)30-19-11-10-18-29(30)26-14-6-2-7-15-26)36-21-20-28(25-12-4-1-5-13-25)22-33(36)27-16-8-3-9-17-27/h1,3-5,8-14,16-19,28,31-33,35H,2,6-7,15,20-24H2/t28-,31-,32+,33+/m0/s1. The molecule has 6 rings (SSSR count). The molecule has 4 atom stereocenters. The Morgan fingerprint density at radius 2 is 1.54 bits per heavy atom. The molecule has 0 aromatic heterocycles. The lowest BCUT2D eigenvalue weighted by Gasteiger charge is -2.42. The van der Waals surface area contributed by atoms with Gasteiger partial charge in [-0.25, -0.2) is 0 Å². The van der Waals surface area contributed by atoms with Crippen LogP contribution in [0.2, 0.25) is 0 Å². The van der Waals surface area contributed by atoms with Crippen LogP contribution < -0.4 is 5.32 Å². The van der Waals surface area contributed by atoms with E-state index >= 15 is 0 Å². The van der Waals surface area contributed by atoms with Crippen LogP contribution >= 0.6 is 0 Å². The number of carbonyl (C=O) groups is 1. The van der Waals surface area contributed by atoms with E-state index < -0.39 is 0 Å². The van der Waals surface area contributed by atoms with Crippen molar-refractivity contribution in [1.82, 2.24) is 10.2 Å². The first-order valence-electron chi connectivity index (χ1n) is 14.2. The highest BCUT2D eigenvalue weighted by Crippen LogP contribution is 2.43. The van der Waals surface area contributed by atoms with Crippen molar-refractivity contribution in [3.05, 3.63) is 113 Å². The Morgan fingerprint density at radius 1 is 0.811 bits per heavy atom. The second-order valence-corrected chi connectivity index (χ2v) is 11.0. The van der Waals surface area contributed by atoms with Gasteiger partial charge in [-0.1, -0.05) is 91.0 Å². The maximum absolute atomic E-state index is 14.4. The predicted octanol–water partition coefficient (Wildman–Crippen LogP) is 7.09. The molecular weight excluding hydrogens is 452 g/mol. The SMILES string of the molecule is O=C([C@@H]1CNC[C@H]1c1ccccc1C1=CCCCC1)N1CC[C@H](c2ccccc2)C[C@@H]1c1ccccc1. The summed E-state index contributed by atoms with van der Waals surface area (Å²) < 4.78 is 0. The molecule has 0 spiro atoms. The lowest BCUT2D eigenvalue weighted by molar-refractivity contribution is -0.139. The molecular formula is C34H38N2O. The summed E-state index contributed by atoms with van der Waals surface area (Å²) in [6.07, 6.45) is 9.31. The smallest absolute Gasteiger partial charge is 0.228 e. The number of carbonyl (C=O) groups excluding carboxylic acids is 1. The number of benzene rings is 3. The average molecular weight is 491 g/mol. The number of likely N-dealkylation sites (tertiary alicyclic amines) is 1. The van der Waals surface area contributed by atoms with E-state index in [4.69, 9.17) is 0 Å². The molecule has 0 saturated carbocycles. The van der Waals surface area contributed by atoms with Crippen LogP contribution in [0.1, 0.15) is 78.7 Å². The Balaban J connectivity index is 1.29. The maximum atomic E-state index is 14.4. The van der Waals surface area contributed by atoms with Crippen molar-refractivity contribution in [1.29, 1.82) is 0 Å². The second kappa shape index (κ2) is 11.1. The van der Waals surface area contributed by atoms with Crippen LogP contribution in [0.3, 0.4) is 0 Å². The minimum absolute atomic E-state index is 0.0233. The molecule has 1 amide bonds. The molecule has 1 aliphatic carbocycles. The van der Waals surface area contributed by atoms with Gasteiger partial charge >= 0.3 is 0 Å². The van der Waals surface area contributed by atoms with Gasteiger partial charge in [0, 0.05) is 25.6 Å². The number of allylic oxidation sites excluding steroid dienone is 2. The summed E-state index contributed by atoms with van der Waals surface area (Å²) in [5, 5.41) is 3.59. The van der Waals surface area contributed by atoms with Gasteiger partial charge in [0.1, 0.15) is 0 Å². The van der Waals surface area contributed by atoms with Crippen LogP contribution in [0.4, 0.5) is 0 Å². The van der Waals surface area contributed by atoms with Crippen molar-refractivity contribution >= 4 is 11.5 Å². The number of nitrogens with one attached hydrogen (secondary N) is 1. The van der Waals surface area contributed by atoms with E-state index in [2.05, 4.69) is 101 Å². The molecule has 0 unspecified atom stereocenters. The Morgan fingerprint density at radius 3 is 2.30 bits per heavy atom. The van der Waals surface area contributed by atoms with Gasteiger partial charge in [0.25, 0.3) is 0 Å². The quantitative estimate of drug-likeness (QED) is 0.414. The van der Waals surface area contributed by atoms with Crippen LogP contribution in [0.25, 0.3) is 5.57 Å². The van der Waals surface area contributed by atoms with E-state index in [1.807, 2.05) is 0 Å². The summed E-state index contributed by atoms with van der Waals surface area (Å²) in [6, 6.07) is 30.5. The van der Waals surface area contributed by atoms with E-state index in [0.29, 0.717) is 11.8 Å². The molecule has 3 aromatic carbocycles. The van der Waals surface area contributed by atoms with E-state index in [-0.39, 0.29) is 17.9 Å². The van der Waals surface area contributed by atoms with Crippen LogP contribution in [-0.4, -0.2) is 30.4 Å². The minimum atomic E-state index is -0.0233. The summed E-state index contributed by atoms with van der Waals surface area (Å²) >= 11 is 0. The van der Waals surface area contributed by atoms with Crippen LogP contribution in [0, 0.1) is 5.92 Å². The molecule has 2 heterocycles. The number of amides is 1. The highest BCUT2D eigenvalue weighted by molar-refractivity contribution is 5.82. The zero-order valence-corrected chi connectivity index (χ0v) is 21.7. The molecule has 2 saturated heterocycles. The molecule has 3 aliphatic rings. The van der Waals surface area contributed by atoms with Crippen LogP contribution in [0.5, 0.6) is 0 Å². The number of rotatable bonds is 5. The molecule has 3 heteroatoms. The van der Waals surface area contributed by atoms with Gasteiger partial charge in [0.2, 0.25) is 5.91 Å². The average Bonchev–Trinajstić information content (AvgIpc) is 3.48. The Labute approximate surface area is 221 Å². The first kappa shape index (κ1) is 24.2. The number of hydrogen-bond donors (Lipinski definition) is 1. The van der Waals surface area contributed by atoms with Gasteiger partial charge in [-0.15, -0.1) is 0 Å². The molecule has 3 nitrogen and oxygen atoms in total. The van der Waals surface area contributed by atoms with Gasteiger partial charge in [0.05, 0.1) is 12.0 Å². The molecule has 190 valence electrons. The number of piperidine rings is 1. The van der Waals surface area contributed by atoms with Gasteiger partial charge in [-0.2, -0.15) is 0 Å². The van der Waals surface area contributed by atoms with E-state index in [9.17, 15) is 4.79 Å². The fourth-order valence-corrected chi connectivity index (χ4v) is 6.92. The van der Waals surface area contributed by atoms with E-state index in [0.717, 1.165) is 38.9 Å². The molecule has 2 fully saturated rings. The zero-order valence-electron chi connectivity index (χ0n) is 21.7. The summed E-state index contributed by atoms with van der Waals surface area (Å²) in [7, 11) is 0. The topological polar surface area (TPSA) is 32.3 Å². The third kappa shape index (κ3) is 5.02. The predicted molar refractivity (Wildman–Crippen MR) is 151 cm³/mol. The number of hydrogen-bond acceptors (Lipinski definition) is 2. The van der Waals surface area contributed by atoms with Gasteiger partial charge < -0.3 is 10.2 Å². The third-order valence-corrected chi connectivity index (χ3v) is 8.87. The Hall–Kier alpha value is -3.17. The van der Waals surface area contributed by atoms with Gasteiger partial charge in [0.15, 0.2) is 0 Å². The van der Waals surface area contributed by atoms with Crippen molar-refractivity contribution in [3.63, 3.8) is 0 Å². The van der Waals surface area contributed by atoms with Gasteiger partial charge in [-0.3, -0.25) is 4.79 Å².